The Balaban J connectivity index is 2.27. The summed E-state index contributed by atoms with van der Waals surface area (Å²) in [5, 5.41) is 2.85. The molecule has 1 aromatic rings. The van der Waals surface area contributed by atoms with Crippen molar-refractivity contribution >= 4 is 11.8 Å². The third-order valence-corrected chi connectivity index (χ3v) is 4.34. The summed E-state index contributed by atoms with van der Waals surface area (Å²) in [6, 6.07) is 9.52. The summed E-state index contributed by atoms with van der Waals surface area (Å²) >= 11 is 0. The Kier molecular flexibility index (Phi) is 4.99. The zero-order valence-electron chi connectivity index (χ0n) is 13.0. The van der Waals surface area contributed by atoms with Gasteiger partial charge in [0.1, 0.15) is 12.6 Å². The predicted molar refractivity (Wildman–Crippen MR) is 82.6 cm³/mol. The Hall–Kier alpha value is -1.84. The van der Waals surface area contributed by atoms with Gasteiger partial charge < -0.3 is 10.2 Å². The maximum Gasteiger partial charge on any atom is 0.246 e. The highest BCUT2D eigenvalue weighted by Crippen LogP contribution is 2.27. The first kappa shape index (κ1) is 15.5. The number of rotatable bonds is 5. The molecule has 1 saturated heterocycles. The summed E-state index contributed by atoms with van der Waals surface area (Å²) < 4.78 is 0. The lowest BCUT2D eigenvalue weighted by Crippen LogP contribution is -2.60. The Morgan fingerprint density at radius 2 is 1.86 bits per heavy atom. The standard InChI is InChI=1S/C17H24N2O2/c1-4-12(3)16-17(21)19(11-15(20)18-16)14(5-2)13-9-7-6-8-10-13/h6-10,12,14,16H,4-5,11H2,1-3H3,(H,18,20). The lowest BCUT2D eigenvalue weighted by molar-refractivity contribution is -0.148. The molecule has 1 fully saturated rings. The lowest BCUT2D eigenvalue weighted by Gasteiger charge is -2.39. The van der Waals surface area contributed by atoms with E-state index < -0.39 is 6.04 Å². The summed E-state index contributed by atoms with van der Waals surface area (Å²) in [6.45, 7) is 6.25. The zero-order valence-corrected chi connectivity index (χ0v) is 13.0. The molecule has 0 saturated carbocycles. The number of hydrogen-bond acceptors (Lipinski definition) is 2. The molecule has 1 aliphatic heterocycles. The minimum atomic E-state index is -0.394. The molecule has 1 aromatic carbocycles. The van der Waals surface area contributed by atoms with E-state index in [0.717, 1.165) is 18.4 Å². The van der Waals surface area contributed by atoms with Crippen LogP contribution in [0.2, 0.25) is 0 Å². The van der Waals surface area contributed by atoms with Crippen LogP contribution in [0.5, 0.6) is 0 Å². The van der Waals surface area contributed by atoms with Gasteiger partial charge in [0.25, 0.3) is 0 Å². The SMILES string of the molecule is CCC(C)C1NC(=O)CN(C(CC)c2ccccc2)C1=O. The third kappa shape index (κ3) is 3.26. The summed E-state index contributed by atoms with van der Waals surface area (Å²) in [5.41, 5.74) is 1.09. The molecule has 0 spiro atoms. The van der Waals surface area contributed by atoms with Crippen LogP contribution in [-0.4, -0.2) is 29.3 Å². The van der Waals surface area contributed by atoms with Crippen LogP contribution in [0, 0.1) is 5.92 Å². The number of carbonyl (C=O) groups is 2. The average Bonchev–Trinajstić information content (AvgIpc) is 2.51. The number of benzene rings is 1. The van der Waals surface area contributed by atoms with E-state index in [0.29, 0.717) is 0 Å². The molecule has 3 unspecified atom stereocenters. The fraction of sp³-hybridized carbons (Fsp3) is 0.529. The fourth-order valence-electron chi connectivity index (χ4n) is 2.89. The Morgan fingerprint density at radius 3 is 2.43 bits per heavy atom. The maximum absolute atomic E-state index is 12.8. The Labute approximate surface area is 126 Å². The molecule has 1 heterocycles. The minimum Gasteiger partial charge on any atom is -0.342 e. The molecule has 4 nitrogen and oxygen atoms in total. The highest BCUT2D eigenvalue weighted by Gasteiger charge is 2.38. The molecule has 114 valence electrons. The second-order valence-corrected chi connectivity index (χ2v) is 5.73. The number of nitrogens with one attached hydrogen (secondary N) is 1. The first-order chi connectivity index (χ1) is 10.1. The van der Waals surface area contributed by atoms with E-state index in [1.54, 1.807) is 4.90 Å². The van der Waals surface area contributed by atoms with Crippen LogP contribution in [0.1, 0.15) is 45.2 Å². The first-order valence-electron chi connectivity index (χ1n) is 7.73. The number of amides is 2. The van der Waals surface area contributed by atoms with Gasteiger partial charge >= 0.3 is 0 Å². The Bertz CT molecular complexity index is 501. The van der Waals surface area contributed by atoms with Crippen molar-refractivity contribution in [3.05, 3.63) is 35.9 Å². The van der Waals surface area contributed by atoms with Crippen molar-refractivity contribution in [1.29, 1.82) is 0 Å². The van der Waals surface area contributed by atoms with Crippen molar-refractivity contribution in [1.82, 2.24) is 10.2 Å². The van der Waals surface area contributed by atoms with Gasteiger partial charge in [0.15, 0.2) is 0 Å². The smallest absolute Gasteiger partial charge is 0.246 e. The zero-order chi connectivity index (χ0) is 15.4. The quantitative estimate of drug-likeness (QED) is 0.905. The number of hydrogen-bond donors (Lipinski definition) is 1. The van der Waals surface area contributed by atoms with E-state index in [2.05, 4.69) is 12.2 Å². The van der Waals surface area contributed by atoms with Crippen molar-refractivity contribution in [3.63, 3.8) is 0 Å². The monoisotopic (exact) mass is 288 g/mol. The van der Waals surface area contributed by atoms with Gasteiger partial charge in [-0.1, -0.05) is 57.5 Å². The van der Waals surface area contributed by atoms with E-state index in [1.807, 2.05) is 44.2 Å². The van der Waals surface area contributed by atoms with Crippen LogP contribution in [0.25, 0.3) is 0 Å². The summed E-state index contributed by atoms with van der Waals surface area (Å²) in [7, 11) is 0. The van der Waals surface area contributed by atoms with Crippen molar-refractivity contribution in [2.45, 2.75) is 45.7 Å². The van der Waals surface area contributed by atoms with Gasteiger partial charge in [-0.05, 0) is 17.9 Å². The fourth-order valence-corrected chi connectivity index (χ4v) is 2.89. The summed E-state index contributed by atoms with van der Waals surface area (Å²) in [4.78, 5) is 26.5. The predicted octanol–water partition coefficient (Wildman–Crippen LogP) is 2.51. The molecule has 3 atom stereocenters. The highest BCUT2D eigenvalue weighted by atomic mass is 16.2. The van der Waals surface area contributed by atoms with E-state index >= 15 is 0 Å². The van der Waals surface area contributed by atoms with Crippen LogP contribution < -0.4 is 5.32 Å². The lowest BCUT2D eigenvalue weighted by atomic mass is 9.93. The van der Waals surface area contributed by atoms with Gasteiger partial charge in [0.2, 0.25) is 11.8 Å². The Morgan fingerprint density at radius 1 is 1.19 bits per heavy atom. The van der Waals surface area contributed by atoms with Crippen molar-refractivity contribution in [3.8, 4) is 0 Å². The van der Waals surface area contributed by atoms with Gasteiger partial charge in [-0.15, -0.1) is 0 Å². The van der Waals surface area contributed by atoms with Crippen molar-refractivity contribution in [2.24, 2.45) is 5.92 Å². The molecule has 1 N–H and O–H groups in total. The van der Waals surface area contributed by atoms with Crippen LogP contribution >= 0.6 is 0 Å². The summed E-state index contributed by atoms with van der Waals surface area (Å²) in [6.07, 6.45) is 1.67. The topological polar surface area (TPSA) is 49.4 Å². The first-order valence-corrected chi connectivity index (χ1v) is 7.73. The number of nitrogens with zero attached hydrogens (tertiary/aromatic N) is 1. The molecule has 2 rings (SSSR count). The molecule has 21 heavy (non-hydrogen) atoms. The molecule has 0 radical (unpaired) electrons. The van der Waals surface area contributed by atoms with Crippen LogP contribution in [0.3, 0.4) is 0 Å². The molecular weight excluding hydrogens is 264 g/mol. The van der Waals surface area contributed by atoms with Crippen LogP contribution in [-0.2, 0) is 9.59 Å². The second kappa shape index (κ2) is 6.74. The second-order valence-electron chi connectivity index (χ2n) is 5.73. The maximum atomic E-state index is 12.8. The van der Waals surface area contributed by atoms with Crippen LogP contribution in [0.15, 0.2) is 30.3 Å². The molecular formula is C17H24N2O2. The van der Waals surface area contributed by atoms with E-state index in [4.69, 9.17) is 0 Å². The van der Waals surface area contributed by atoms with Gasteiger partial charge in [-0.2, -0.15) is 0 Å². The minimum absolute atomic E-state index is 0.0312. The molecule has 0 aromatic heterocycles. The molecule has 4 heteroatoms. The average molecular weight is 288 g/mol. The normalized spacial score (nSPS) is 21.9. The van der Waals surface area contributed by atoms with Gasteiger partial charge in [0.05, 0.1) is 6.04 Å². The molecule has 1 aliphatic rings. The van der Waals surface area contributed by atoms with E-state index in [-0.39, 0.29) is 30.3 Å². The van der Waals surface area contributed by atoms with Crippen molar-refractivity contribution < 1.29 is 9.59 Å². The van der Waals surface area contributed by atoms with Gasteiger partial charge in [0, 0.05) is 0 Å². The van der Waals surface area contributed by atoms with Gasteiger partial charge in [-0.3, -0.25) is 9.59 Å². The molecule has 0 aliphatic carbocycles. The van der Waals surface area contributed by atoms with Crippen LogP contribution in [0.4, 0.5) is 0 Å². The highest BCUT2D eigenvalue weighted by molar-refractivity contribution is 5.95. The molecule has 2 amide bonds. The summed E-state index contributed by atoms with van der Waals surface area (Å²) in [5.74, 6) is 0.131. The van der Waals surface area contributed by atoms with Crippen molar-refractivity contribution in [2.75, 3.05) is 6.54 Å². The largest absolute Gasteiger partial charge is 0.342 e. The van der Waals surface area contributed by atoms with Gasteiger partial charge in [-0.25, -0.2) is 0 Å². The van der Waals surface area contributed by atoms with E-state index in [9.17, 15) is 9.59 Å². The number of carbonyl (C=O) groups excluding carboxylic acids is 2. The van der Waals surface area contributed by atoms with E-state index in [1.165, 1.54) is 0 Å². The molecule has 0 bridgehead atoms. The third-order valence-electron chi connectivity index (χ3n) is 4.34. The number of piperazine rings is 1.